The maximum absolute atomic E-state index is 4.20. The lowest BCUT2D eigenvalue weighted by molar-refractivity contribution is 0.586. The average molecular weight is 211 g/mol. The molecule has 0 atom stereocenters. The first kappa shape index (κ1) is 12.3. The van der Waals surface area contributed by atoms with E-state index in [1.165, 1.54) is 0 Å². The molecule has 0 unspecified atom stereocenters. The van der Waals surface area contributed by atoms with E-state index in [0.29, 0.717) is 0 Å². The highest BCUT2D eigenvalue weighted by atomic mass is 15.0. The van der Waals surface area contributed by atoms with Crippen molar-refractivity contribution >= 4 is 12.4 Å². The lowest BCUT2D eigenvalue weighted by Crippen LogP contribution is -2.33. The zero-order valence-electron chi connectivity index (χ0n) is 9.21. The molecule has 1 aliphatic heterocycles. The van der Waals surface area contributed by atoms with Gasteiger partial charge in [-0.15, -0.1) is 0 Å². The fourth-order valence-electron chi connectivity index (χ4n) is 1.26. The second kappa shape index (κ2) is 9.76. The van der Waals surface area contributed by atoms with E-state index < -0.39 is 0 Å². The second-order valence-corrected chi connectivity index (χ2v) is 3.36. The van der Waals surface area contributed by atoms with Crippen molar-refractivity contribution < 1.29 is 0 Å². The van der Waals surface area contributed by atoms with Gasteiger partial charge in [-0.2, -0.15) is 0 Å². The predicted molar refractivity (Wildman–Crippen MR) is 65.3 cm³/mol. The van der Waals surface area contributed by atoms with Crippen LogP contribution in [-0.2, 0) is 0 Å². The van der Waals surface area contributed by atoms with Gasteiger partial charge in [-0.1, -0.05) is 0 Å². The van der Waals surface area contributed by atoms with Crippen LogP contribution in [0.15, 0.2) is 9.98 Å². The Morgan fingerprint density at radius 3 is 1.47 bits per heavy atom. The van der Waals surface area contributed by atoms with Gasteiger partial charge in [0.05, 0.1) is 13.1 Å². The summed E-state index contributed by atoms with van der Waals surface area (Å²) in [7, 11) is 0. The van der Waals surface area contributed by atoms with Crippen LogP contribution in [0.4, 0.5) is 0 Å². The Labute approximate surface area is 91.5 Å². The van der Waals surface area contributed by atoms with E-state index in [0.717, 1.165) is 52.4 Å². The van der Waals surface area contributed by atoms with Gasteiger partial charge in [0.15, 0.2) is 0 Å². The molecular formula is C10H21N5. The highest BCUT2D eigenvalue weighted by Crippen LogP contribution is 1.70. The van der Waals surface area contributed by atoms with Gasteiger partial charge in [0.1, 0.15) is 0 Å². The number of hydrogen-bond acceptors (Lipinski definition) is 5. The molecule has 1 rings (SSSR count). The summed E-state index contributed by atoms with van der Waals surface area (Å²) in [6.45, 7) is 7.56. The molecule has 0 aromatic carbocycles. The summed E-state index contributed by atoms with van der Waals surface area (Å²) in [6.07, 6.45) is 3.55. The van der Waals surface area contributed by atoms with Crippen LogP contribution in [0.2, 0.25) is 0 Å². The van der Waals surface area contributed by atoms with Crippen LogP contribution in [0.3, 0.4) is 0 Å². The first-order valence-electron chi connectivity index (χ1n) is 5.60. The summed E-state index contributed by atoms with van der Waals surface area (Å²) in [5.74, 6) is 0. The summed E-state index contributed by atoms with van der Waals surface area (Å²) in [4.78, 5) is 8.41. The van der Waals surface area contributed by atoms with E-state index in [9.17, 15) is 0 Å². The van der Waals surface area contributed by atoms with E-state index in [1.807, 2.05) is 0 Å². The molecular weight excluding hydrogens is 190 g/mol. The quantitative estimate of drug-likeness (QED) is 0.477. The number of rotatable bonds is 0. The Balaban J connectivity index is 2.16. The first-order chi connectivity index (χ1) is 7.50. The maximum atomic E-state index is 4.20. The van der Waals surface area contributed by atoms with Crippen LogP contribution >= 0.6 is 0 Å². The van der Waals surface area contributed by atoms with Crippen LogP contribution in [0.25, 0.3) is 0 Å². The summed E-state index contributed by atoms with van der Waals surface area (Å²) in [6, 6.07) is 0. The van der Waals surface area contributed by atoms with E-state index in [2.05, 4.69) is 25.9 Å². The number of nitrogens with one attached hydrogen (secondary N) is 3. The minimum atomic E-state index is 0.824. The lowest BCUT2D eigenvalue weighted by atomic mass is 10.5. The van der Waals surface area contributed by atoms with Gasteiger partial charge in [0, 0.05) is 51.7 Å². The maximum Gasteiger partial charge on any atom is 0.0514 e. The van der Waals surface area contributed by atoms with E-state index in [4.69, 9.17) is 0 Å². The molecule has 0 aromatic rings. The SMILES string of the molecule is C1=NCCNCCNCCNCCN=C1. The van der Waals surface area contributed by atoms with Crippen LogP contribution in [-0.4, -0.2) is 64.8 Å². The molecule has 3 N–H and O–H groups in total. The van der Waals surface area contributed by atoms with Crippen molar-refractivity contribution in [2.24, 2.45) is 9.98 Å². The number of nitrogens with zero attached hydrogens (tertiary/aromatic N) is 2. The standard InChI is InChI=1S/C10H21N5/c1-2-12-5-6-14-9-10-15-8-7-13-4-3-11-1/h1-2,13-15H,3-10H2. The van der Waals surface area contributed by atoms with E-state index in [1.54, 1.807) is 12.4 Å². The molecule has 0 spiro atoms. The molecule has 1 aliphatic rings. The van der Waals surface area contributed by atoms with Crippen molar-refractivity contribution in [1.29, 1.82) is 0 Å². The van der Waals surface area contributed by atoms with E-state index >= 15 is 0 Å². The Morgan fingerprint density at radius 1 is 0.600 bits per heavy atom. The molecule has 0 amide bonds. The van der Waals surface area contributed by atoms with Crippen molar-refractivity contribution in [3.63, 3.8) is 0 Å². The fraction of sp³-hybridized carbons (Fsp3) is 0.800. The molecule has 0 radical (unpaired) electrons. The summed E-state index contributed by atoms with van der Waals surface area (Å²) in [5.41, 5.74) is 0. The molecule has 5 nitrogen and oxygen atoms in total. The van der Waals surface area contributed by atoms with Gasteiger partial charge in [0.25, 0.3) is 0 Å². The van der Waals surface area contributed by atoms with Crippen LogP contribution in [0.5, 0.6) is 0 Å². The van der Waals surface area contributed by atoms with Gasteiger partial charge in [-0.25, -0.2) is 0 Å². The van der Waals surface area contributed by atoms with E-state index in [-0.39, 0.29) is 0 Å². The summed E-state index contributed by atoms with van der Waals surface area (Å²) < 4.78 is 0. The first-order valence-corrected chi connectivity index (χ1v) is 5.60. The zero-order valence-corrected chi connectivity index (χ0v) is 9.21. The highest BCUT2D eigenvalue weighted by Gasteiger charge is 1.89. The van der Waals surface area contributed by atoms with Crippen molar-refractivity contribution in [3.8, 4) is 0 Å². The van der Waals surface area contributed by atoms with Crippen LogP contribution < -0.4 is 16.0 Å². The predicted octanol–water partition coefficient (Wildman–Crippen LogP) is -1.09. The molecule has 0 saturated carbocycles. The number of aliphatic imine (C=N–C) groups is 2. The molecule has 86 valence electrons. The molecule has 15 heavy (non-hydrogen) atoms. The second-order valence-electron chi connectivity index (χ2n) is 3.36. The molecule has 0 bridgehead atoms. The Kier molecular flexibility index (Phi) is 8.00. The minimum Gasteiger partial charge on any atom is -0.314 e. The van der Waals surface area contributed by atoms with Gasteiger partial charge < -0.3 is 16.0 Å². The van der Waals surface area contributed by atoms with Gasteiger partial charge in [-0.05, 0) is 0 Å². The van der Waals surface area contributed by atoms with Crippen LogP contribution in [0, 0.1) is 0 Å². The molecule has 0 aliphatic carbocycles. The summed E-state index contributed by atoms with van der Waals surface area (Å²) in [5, 5.41) is 9.98. The minimum absolute atomic E-state index is 0.824. The topological polar surface area (TPSA) is 60.8 Å². The average Bonchev–Trinajstić information content (AvgIpc) is 2.27. The Morgan fingerprint density at radius 2 is 1.00 bits per heavy atom. The molecule has 0 fully saturated rings. The largest absolute Gasteiger partial charge is 0.314 e. The third kappa shape index (κ3) is 8.23. The van der Waals surface area contributed by atoms with Gasteiger partial charge >= 0.3 is 0 Å². The van der Waals surface area contributed by atoms with Gasteiger partial charge in [0.2, 0.25) is 0 Å². The van der Waals surface area contributed by atoms with Gasteiger partial charge in [-0.3, -0.25) is 9.98 Å². The summed E-state index contributed by atoms with van der Waals surface area (Å²) >= 11 is 0. The monoisotopic (exact) mass is 211 g/mol. The molecule has 0 aromatic heterocycles. The Bertz CT molecular complexity index is 170. The van der Waals surface area contributed by atoms with Crippen LogP contribution in [0.1, 0.15) is 0 Å². The molecule has 1 heterocycles. The lowest BCUT2D eigenvalue weighted by Gasteiger charge is -2.06. The Hall–Kier alpha value is -0.780. The third-order valence-electron chi connectivity index (χ3n) is 2.07. The number of hydrogen-bond donors (Lipinski definition) is 3. The zero-order chi connectivity index (χ0) is 10.6. The van der Waals surface area contributed by atoms with Crippen molar-refractivity contribution in [1.82, 2.24) is 16.0 Å². The van der Waals surface area contributed by atoms with Crippen molar-refractivity contribution in [3.05, 3.63) is 0 Å². The molecule has 5 heteroatoms. The highest BCUT2D eigenvalue weighted by molar-refractivity contribution is 6.15. The fourth-order valence-corrected chi connectivity index (χ4v) is 1.26. The van der Waals surface area contributed by atoms with Crippen molar-refractivity contribution in [2.75, 3.05) is 52.4 Å². The third-order valence-corrected chi connectivity index (χ3v) is 2.07. The molecule has 0 saturated heterocycles. The normalized spacial score (nSPS) is 21.9. The smallest absolute Gasteiger partial charge is 0.0514 e. The van der Waals surface area contributed by atoms with Crippen molar-refractivity contribution in [2.45, 2.75) is 0 Å².